The van der Waals surface area contributed by atoms with Crippen molar-refractivity contribution < 1.29 is 29.0 Å². The zero-order chi connectivity index (χ0) is 26.1. The largest absolute Gasteiger partial charge is 0.497 e. The summed E-state index contributed by atoms with van der Waals surface area (Å²) in [6, 6.07) is 11.2. The van der Waals surface area contributed by atoms with Gasteiger partial charge in [0.05, 0.1) is 33.6 Å². The number of aliphatic carboxylic acids is 1. The lowest BCUT2D eigenvalue weighted by molar-refractivity contribution is -0.802. The highest BCUT2D eigenvalue weighted by Crippen LogP contribution is 2.33. The number of rotatable bonds is 12. The van der Waals surface area contributed by atoms with Crippen LogP contribution in [0.4, 0.5) is 4.79 Å². The normalized spacial score (nSPS) is 11.6. The van der Waals surface area contributed by atoms with Crippen molar-refractivity contribution in [1.82, 2.24) is 19.7 Å². The van der Waals surface area contributed by atoms with Crippen LogP contribution >= 0.6 is 46.9 Å². The van der Waals surface area contributed by atoms with E-state index in [0.29, 0.717) is 27.1 Å². The second-order valence-corrected chi connectivity index (χ2v) is 10.1. The minimum atomic E-state index is -1.24. The van der Waals surface area contributed by atoms with Crippen LogP contribution < -0.4 is 14.9 Å². The fourth-order valence-corrected chi connectivity index (χ4v) is 5.09. The van der Waals surface area contributed by atoms with Crippen molar-refractivity contribution in [3.8, 4) is 5.75 Å². The van der Waals surface area contributed by atoms with E-state index in [-0.39, 0.29) is 6.54 Å². The number of ether oxygens (including phenoxy) is 1. The van der Waals surface area contributed by atoms with E-state index in [0.717, 1.165) is 35.0 Å². The Hall–Kier alpha value is -2.80. The summed E-state index contributed by atoms with van der Waals surface area (Å²) in [5, 5.41) is 19.7. The number of methoxy groups -OCH3 is 1. The first kappa shape index (κ1) is 27.8. The number of thioether (sulfide) groups is 1. The standard InChI is InChI=1S/C22H21Cl2N5O5S2/c1-34-15-7-5-14(6-8-15)9-10-35-22(33)26-18(11-20(31)32)19(30)12-28-27-25-13-29(28)36-21-16(23)3-2-4-17(21)24/h2-8,13,18H,9-12H2,1H3,(H-,26,31,32,33)/p+1. The van der Waals surface area contributed by atoms with E-state index in [2.05, 4.69) is 15.6 Å². The number of aryl methyl sites for hydroxylation is 1. The molecule has 1 amide bonds. The number of hydrogen-bond donors (Lipinski definition) is 2. The summed E-state index contributed by atoms with van der Waals surface area (Å²) in [4.78, 5) is 38.4. The van der Waals surface area contributed by atoms with Gasteiger partial charge in [-0.05, 0) is 41.0 Å². The smallest absolute Gasteiger partial charge is 0.305 e. The van der Waals surface area contributed by atoms with E-state index < -0.39 is 29.5 Å². The molecule has 0 saturated carbocycles. The fraction of sp³-hybridized carbons (Fsp3) is 0.273. The van der Waals surface area contributed by atoms with Crippen LogP contribution in [0.5, 0.6) is 5.75 Å². The lowest BCUT2D eigenvalue weighted by Gasteiger charge is -2.14. The first-order valence-corrected chi connectivity index (χ1v) is 13.0. The number of hydrogen-bond acceptors (Lipinski definition) is 8. The van der Waals surface area contributed by atoms with Gasteiger partial charge in [0, 0.05) is 17.7 Å². The van der Waals surface area contributed by atoms with E-state index in [1.54, 1.807) is 25.3 Å². The predicted octanol–water partition coefficient (Wildman–Crippen LogP) is 3.53. The van der Waals surface area contributed by atoms with Crippen LogP contribution in [0.1, 0.15) is 12.0 Å². The molecule has 1 atom stereocenters. The van der Waals surface area contributed by atoms with Gasteiger partial charge in [0.25, 0.3) is 11.6 Å². The van der Waals surface area contributed by atoms with E-state index in [4.69, 9.17) is 27.9 Å². The molecule has 0 bridgehead atoms. The van der Waals surface area contributed by atoms with E-state index in [9.17, 15) is 19.5 Å². The van der Waals surface area contributed by atoms with Crippen molar-refractivity contribution in [3.63, 3.8) is 0 Å². The van der Waals surface area contributed by atoms with Crippen molar-refractivity contribution in [3.05, 3.63) is 64.4 Å². The van der Waals surface area contributed by atoms with Gasteiger partial charge in [0.15, 0.2) is 11.8 Å². The summed E-state index contributed by atoms with van der Waals surface area (Å²) in [5.74, 6) is -0.585. The number of nitrogens with zero attached hydrogens (tertiary/aromatic N) is 4. The zero-order valence-electron chi connectivity index (χ0n) is 19.0. The molecule has 0 aliphatic rings. The quantitative estimate of drug-likeness (QED) is 0.314. The molecule has 14 heteroatoms. The second kappa shape index (κ2) is 13.5. The van der Waals surface area contributed by atoms with Crippen LogP contribution in [0.2, 0.25) is 10.0 Å². The van der Waals surface area contributed by atoms with Crippen molar-refractivity contribution in [2.24, 2.45) is 0 Å². The third kappa shape index (κ3) is 8.12. The molecule has 3 aromatic rings. The Bertz CT molecular complexity index is 1210. The van der Waals surface area contributed by atoms with Crippen LogP contribution in [0.15, 0.2) is 53.7 Å². The van der Waals surface area contributed by atoms with Crippen molar-refractivity contribution in [2.45, 2.75) is 30.3 Å². The molecule has 1 unspecified atom stereocenters. The van der Waals surface area contributed by atoms with E-state index >= 15 is 0 Å². The molecular formula is C22H22Cl2N5O5S2+. The Labute approximate surface area is 225 Å². The number of ketones is 1. The molecule has 0 aliphatic heterocycles. The Morgan fingerprint density at radius 2 is 1.86 bits per heavy atom. The van der Waals surface area contributed by atoms with Crippen molar-refractivity contribution in [2.75, 3.05) is 12.9 Å². The summed E-state index contributed by atoms with van der Waals surface area (Å²) < 4.78 is 6.56. The van der Waals surface area contributed by atoms with Gasteiger partial charge in [0.1, 0.15) is 11.8 Å². The van der Waals surface area contributed by atoms with Gasteiger partial charge < -0.3 is 15.2 Å². The second-order valence-electron chi connectivity index (χ2n) is 7.29. The lowest BCUT2D eigenvalue weighted by Crippen LogP contribution is -2.52. The van der Waals surface area contributed by atoms with Crippen LogP contribution in [-0.2, 0) is 22.6 Å². The maximum Gasteiger partial charge on any atom is 0.305 e. The molecule has 3 rings (SSSR count). The number of carboxylic acids is 1. The summed E-state index contributed by atoms with van der Waals surface area (Å²) in [6.07, 6.45) is 1.40. The van der Waals surface area contributed by atoms with Gasteiger partial charge in [-0.3, -0.25) is 14.4 Å². The third-order valence-electron chi connectivity index (χ3n) is 4.78. The highest BCUT2D eigenvalue weighted by molar-refractivity contribution is 8.13. The van der Waals surface area contributed by atoms with Gasteiger partial charge in [-0.15, -0.1) is 0 Å². The minimum Gasteiger partial charge on any atom is -0.497 e. The number of halogens is 2. The topological polar surface area (TPSA) is 127 Å². The summed E-state index contributed by atoms with van der Waals surface area (Å²) in [6.45, 7) is -0.330. The van der Waals surface area contributed by atoms with Gasteiger partial charge in [-0.2, -0.15) is 0 Å². The molecule has 0 radical (unpaired) electrons. The number of Topliss-reactive ketones (excluding diaryl/α,β-unsaturated/α-hetero) is 1. The number of nitrogens with one attached hydrogen (secondary N) is 1. The molecule has 0 fully saturated rings. The molecule has 2 N–H and O–H groups in total. The maximum absolute atomic E-state index is 12.9. The Kier molecular flexibility index (Phi) is 10.4. The minimum absolute atomic E-state index is 0.330. The molecule has 0 saturated heterocycles. The van der Waals surface area contributed by atoms with Gasteiger partial charge >= 0.3 is 5.97 Å². The molecule has 0 aliphatic carbocycles. The molecule has 2 aromatic carbocycles. The van der Waals surface area contributed by atoms with Gasteiger partial charge in [-0.1, -0.05) is 57.2 Å². The third-order valence-corrected chi connectivity index (χ3v) is 7.51. The Balaban J connectivity index is 1.59. The van der Waals surface area contributed by atoms with Crippen LogP contribution in [0.25, 0.3) is 0 Å². The number of carbonyl (C=O) groups excluding carboxylic acids is 2. The van der Waals surface area contributed by atoms with Crippen LogP contribution in [-0.4, -0.2) is 55.4 Å². The molecule has 190 valence electrons. The molecular weight excluding hydrogens is 549 g/mol. The van der Waals surface area contributed by atoms with Gasteiger partial charge in [0.2, 0.25) is 5.78 Å². The SMILES string of the molecule is COc1ccc(CCSC(=O)NC(CC(=O)O)C(=O)C[n+]2nncn2Sc2c(Cl)cccc2Cl)cc1. The van der Waals surface area contributed by atoms with Crippen molar-refractivity contribution in [1.29, 1.82) is 0 Å². The molecule has 10 nitrogen and oxygen atoms in total. The average molecular weight is 571 g/mol. The first-order valence-electron chi connectivity index (χ1n) is 10.5. The Morgan fingerprint density at radius 3 is 2.50 bits per heavy atom. The summed E-state index contributed by atoms with van der Waals surface area (Å²) in [5.41, 5.74) is 1.01. The number of tetrazole rings is 1. The summed E-state index contributed by atoms with van der Waals surface area (Å²) >= 11 is 14.5. The van der Waals surface area contributed by atoms with Crippen molar-refractivity contribution >= 4 is 63.9 Å². The Morgan fingerprint density at radius 1 is 1.17 bits per heavy atom. The van der Waals surface area contributed by atoms with Crippen LogP contribution in [0, 0.1) is 0 Å². The molecule has 1 heterocycles. The molecule has 36 heavy (non-hydrogen) atoms. The zero-order valence-corrected chi connectivity index (χ0v) is 22.1. The molecule has 1 aromatic heterocycles. The average Bonchev–Trinajstić information content (AvgIpc) is 3.27. The van der Waals surface area contributed by atoms with E-state index in [1.807, 2.05) is 24.3 Å². The number of benzene rings is 2. The summed E-state index contributed by atoms with van der Waals surface area (Å²) in [7, 11) is 1.58. The number of aromatic nitrogens is 4. The predicted molar refractivity (Wildman–Crippen MR) is 137 cm³/mol. The number of amides is 1. The molecule has 0 spiro atoms. The number of carboxylic acid groups (broad SMARTS) is 1. The maximum atomic E-state index is 12.9. The van der Waals surface area contributed by atoms with E-state index in [1.165, 1.54) is 15.2 Å². The highest BCUT2D eigenvalue weighted by atomic mass is 35.5. The van der Waals surface area contributed by atoms with Gasteiger partial charge in [-0.25, -0.2) is 0 Å². The lowest BCUT2D eigenvalue weighted by atomic mass is 10.1. The number of carbonyl (C=O) groups is 3. The fourth-order valence-electron chi connectivity index (χ4n) is 2.97. The highest BCUT2D eigenvalue weighted by Gasteiger charge is 2.28. The monoisotopic (exact) mass is 570 g/mol. The van der Waals surface area contributed by atoms with Crippen LogP contribution in [0.3, 0.4) is 0 Å². The first-order chi connectivity index (χ1) is 17.3.